The van der Waals surface area contributed by atoms with Crippen LogP contribution in [-0.4, -0.2) is 37.1 Å². The fourth-order valence-corrected chi connectivity index (χ4v) is 6.00. The van der Waals surface area contributed by atoms with Crippen LogP contribution in [-0.2, 0) is 11.2 Å². The number of para-hydroxylation sites is 1. The third-order valence-electron chi connectivity index (χ3n) is 7.42. The Kier molecular flexibility index (Phi) is 8.09. The highest BCUT2D eigenvalue weighted by atomic mass is 35.5. The van der Waals surface area contributed by atoms with E-state index in [1.54, 1.807) is 24.4 Å². The Morgan fingerprint density at radius 1 is 1.12 bits per heavy atom. The van der Waals surface area contributed by atoms with Gasteiger partial charge in [-0.1, -0.05) is 42.8 Å². The molecule has 3 heterocycles. The molecule has 1 fully saturated rings. The number of hydrogen-bond donors (Lipinski definition) is 3. The van der Waals surface area contributed by atoms with Crippen LogP contribution < -0.4 is 10.6 Å². The summed E-state index contributed by atoms with van der Waals surface area (Å²) in [6.45, 7) is 6.51. The number of hydrogen-bond acceptors (Lipinski definition) is 4. The molecule has 1 aliphatic rings. The summed E-state index contributed by atoms with van der Waals surface area (Å²) in [5, 5.41) is 18.3. The number of benzene rings is 2. The number of carbonyl (C=O) groups is 1. The number of phenolic OH excluding ortho intramolecular Hbond substituents is 1. The fourth-order valence-electron chi connectivity index (χ4n) is 5.50. The van der Waals surface area contributed by atoms with Gasteiger partial charge in [-0.25, -0.2) is 0 Å². The molecule has 9 heteroatoms. The van der Waals surface area contributed by atoms with Gasteiger partial charge in [0.05, 0.1) is 23.5 Å². The average molecular weight is 574 g/mol. The number of aromatic nitrogens is 2. The first-order valence-electron chi connectivity index (χ1n) is 13.3. The largest absolute Gasteiger partial charge is 0.506 e. The molecule has 0 unspecified atom stereocenters. The van der Waals surface area contributed by atoms with Crippen molar-refractivity contribution in [3.8, 4) is 11.4 Å². The van der Waals surface area contributed by atoms with Gasteiger partial charge in [0.25, 0.3) is 0 Å². The highest BCUT2D eigenvalue weighted by molar-refractivity contribution is 7.80. The number of carbonyl (C=O) groups excluding carboxylic acids is 1. The van der Waals surface area contributed by atoms with Gasteiger partial charge in [0, 0.05) is 41.3 Å². The van der Waals surface area contributed by atoms with E-state index in [9.17, 15) is 9.90 Å². The van der Waals surface area contributed by atoms with Gasteiger partial charge in [-0.15, -0.1) is 0 Å². The number of aromatic hydroxyl groups is 1. The summed E-state index contributed by atoms with van der Waals surface area (Å²) in [6.07, 6.45) is 2.87. The van der Waals surface area contributed by atoms with E-state index in [4.69, 9.17) is 23.8 Å². The molecule has 1 amide bonds. The molecule has 1 saturated heterocycles. The predicted octanol–water partition coefficient (Wildman–Crippen LogP) is 6.41. The maximum Gasteiger partial charge on any atom is 0.226 e. The second-order valence-electron chi connectivity index (χ2n) is 9.92. The van der Waals surface area contributed by atoms with Crippen LogP contribution in [0, 0.1) is 13.8 Å². The molecule has 0 spiro atoms. The van der Waals surface area contributed by atoms with Gasteiger partial charge in [0.1, 0.15) is 5.75 Å². The second-order valence-corrected chi connectivity index (χ2v) is 10.7. The van der Waals surface area contributed by atoms with E-state index in [0.717, 1.165) is 40.3 Å². The van der Waals surface area contributed by atoms with Crippen LogP contribution in [0.15, 0.2) is 72.9 Å². The molecule has 206 valence electrons. The summed E-state index contributed by atoms with van der Waals surface area (Å²) < 4.78 is 2.00. The summed E-state index contributed by atoms with van der Waals surface area (Å²) in [5.41, 5.74) is 6.31. The number of pyridine rings is 1. The highest BCUT2D eigenvalue weighted by Crippen LogP contribution is 2.42. The molecule has 3 N–H and O–H groups in total. The van der Waals surface area contributed by atoms with Crippen molar-refractivity contribution in [3.63, 3.8) is 0 Å². The monoisotopic (exact) mass is 573 g/mol. The Hall–Kier alpha value is -3.88. The lowest BCUT2D eigenvalue weighted by atomic mass is 9.96. The first-order chi connectivity index (χ1) is 19.3. The summed E-state index contributed by atoms with van der Waals surface area (Å²) in [7, 11) is 0. The smallest absolute Gasteiger partial charge is 0.226 e. The van der Waals surface area contributed by atoms with Crippen molar-refractivity contribution in [2.24, 2.45) is 0 Å². The highest BCUT2D eigenvalue weighted by Gasteiger charge is 2.41. The molecule has 1 aliphatic heterocycles. The van der Waals surface area contributed by atoms with Crippen molar-refractivity contribution in [1.82, 2.24) is 19.8 Å². The molecule has 2 atom stereocenters. The number of nitrogens with one attached hydrogen (secondary N) is 2. The van der Waals surface area contributed by atoms with E-state index in [0.29, 0.717) is 22.4 Å². The quantitative estimate of drug-likeness (QED) is 0.211. The number of aryl methyl sites for hydroxylation is 2. The van der Waals surface area contributed by atoms with Crippen molar-refractivity contribution >= 4 is 40.5 Å². The molecule has 2 aromatic carbocycles. The molecule has 4 aromatic rings. The lowest BCUT2D eigenvalue weighted by molar-refractivity contribution is -0.116. The SMILES string of the molecule is CCc1ccccc1NC(=O)CCN1C(=S)N[C@H](c2ccccn2)[C@H]1c1cc(C)n(-c2cc(Cl)ccc2O)c1C. The molecule has 0 radical (unpaired) electrons. The van der Waals surface area contributed by atoms with E-state index in [2.05, 4.69) is 33.5 Å². The van der Waals surface area contributed by atoms with Gasteiger partial charge in [-0.05, 0) is 86.1 Å². The number of thiocarbonyl (C=S) groups is 1. The van der Waals surface area contributed by atoms with Crippen LogP contribution in [0.3, 0.4) is 0 Å². The first-order valence-corrected chi connectivity index (χ1v) is 14.1. The Balaban J connectivity index is 1.49. The Bertz CT molecular complexity index is 1550. The maximum atomic E-state index is 13.1. The average Bonchev–Trinajstić information content (AvgIpc) is 3.43. The van der Waals surface area contributed by atoms with Crippen molar-refractivity contribution in [2.45, 2.75) is 45.7 Å². The minimum absolute atomic E-state index is 0.0712. The van der Waals surface area contributed by atoms with E-state index < -0.39 is 0 Å². The number of amides is 1. The van der Waals surface area contributed by atoms with Gasteiger partial charge in [-0.3, -0.25) is 9.78 Å². The van der Waals surface area contributed by atoms with Crippen molar-refractivity contribution in [1.29, 1.82) is 0 Å². The second kappa shape index (κ2) is 11.7. The minimum Gasteiger partial charge on any atom is -0.506 e. The molecule has 0 bridgehead atoms. The number of nitrogens with zero attached hydrogens (tertiary/aromatic N) is 3. The Morgan fingerprint density at radius 3 is 2.65 bits per heavy atom. The Morgan fingerprint density at radius 2 is 1.90 bits per heavy atom. The number of rotatable bonds is 8. The fraction of sp³-hybridized carbons (Fsp3) is 0.258. The van der Waals surface area contributed by atoms with Gasteiger partial charge < -0.3 is 25.2 Å². The van der Waals surface area contributed by atoms with Crippen LogP contribution >= 0.6 is 23.8 Å². The molecule has 7 nitrogen and oxygen atoms in total. The predicted molar refractivity (Wildman–Crippen MR) is 163 cm³/mol. The summed E-state index contributed by atoms with van der Waals surface area (Å²) >= 11 is 12.1. The summed E-state index contributed by atoms with van der Waals surface area (Å²) in [6, 6.07) is 20.4. The zero-order chi connectivity index (χ0) is 28.4. The van der Waals surface area contributed by atoms with Crippen LogP contribution in [0.2, 0.25) is 5.02 Å². The first kappa shape index (κ1) is 27.7. The van der Waals surface area contributed by atoms with Crippen LogP contribution in [0.1, 0.15) is 53.6 Å². The van der Waals surface area contributed by atoms with Gasteiger partial charge >= 0.3 is 0 Å². The van der Waals surface area contributed by atoms with E-state index in [1.807, 2.05) is 60.9 Å². The topological polar surface area (TPSA) is 82.4 Å². The van der Waals surface area contributed by atoms with E-state index in [1.165, 1.54) is 0 Å². The lowest BCUT2D eigenvalue weighted by Crippen LogP contribution is -2.33. The molecule has 5 rings (SSSR count). The van der Waals surface area contributed by atoms with Crippen LogP contribution in [0.25, 0.3) is 5.69 Å². The molecule has 0 saturated carbocycles. The molecular formula is C31H32ClN5O2S. The van der Waals surface area contributed by atoms with Crippen molar-refractivity contribution in [2.75, 3.05) is 11.9 Å². The third-order valence-corrected chi connectivity index (χ3v) is 8.00. The number of phenols is 1. The number of anilines is 1. The van der Waals surface area contributed by atoms with Gasteiger partial charge in [0.15, 0.2) is 5.11 Å². The van der Waals surface area contributed by atoms with Gasteiger partial charge in [-0.2, -0.15) is 0 Å². The maximum absolute atomic E-state index is 13.1. The molecule has 0 aliphatic carbocycles. The zero-order valence-corrected chi connectivity index (χ0v) is 24.3. The molecule has 40 heavy (non-hydrogen) atoms. The zero-order valence-electron chi connectivity index (χ0n) is 22.7. The summed E-state index contributed by atoms with van der Waals surface area (Å²) in [5.74, 6) is 0.0676. The normalized spacial score (nSPS) is 16.7. The lowest BCUT2D eigenvalue weighted by Gasteiger charge is -2.28. The molecular weight excluding hydrogens is 542 g/mol. The Labute approximate surface area is 244 Å². The van der Waals surface area contributed by atoms with E-state index >= 15 is 0 Å². The third kappa shape index (κ3) is 5.42. The standard InChI is InChI=1S/C31H32ClN5O2S/c1-4-21-9-5-6-10-24(21)34-28(39)14-16-36-30(29(35-31(36)40)25-11-7-8-15-33-25)23-17-19(2)37(20(23)3)26-18-22(32)12-13-27(26)38/h5-13,15,17-18,29-30,38H,4,14,16H2,1-3H3,(H,34,39)(H,35,40)/t29-,30-/m1/s1. The van der Waals surface area contributed by atoms with Crippen LogP contribution in [0.4, 0.5) is 5.69 Å². The minimum atomic E-state index is -0.223. The number of halogens is 1. The van der Waals surface area contributed by atoms with Crippen LogP contribution in [0.5, 0.6) is 5.75 Å². The van der Waals surface area contributed by atoms with Crippen molar-refractivity contribution in [3.05, 3.63) is 106 Å². The van der Waals surface area contributed by atoms with Crippen molar-refractivity contribution < 1.29 is 9.90 Å². The van der Waals surface area contributed by atoms with E-state index in [-0.39, 0.29) is 30.2 Å². The summed E-state index contributed by atoms with van der Waals surface area (Å²) in [4.78, 5) is 19.8. The molecule has 2 aromatic heterocycles. The van der Waals surface area contributed by atoms with Gasteiger partial charge in [0.2, 0.25) is 5.91 Å².